The van der Waals surface area contributed by atoms with Crippen LogP contribution in [-0.2, 0) is 11.3 Å². The highest BCUT2D eigenvalue weighted by Crippen LogP contribution is 2.20. The third-order valence-electron chi connectivity index (χ3n) is 3.94. The lowest BCUT2D eigenvalue weighted by molar-refractivity contribution is 0.275. The molecule has 0 saturated heterocycles. The molecule has 1 aromatic carbocycles. The molecule has 24 heavy (non-hydrogen) atoms. The number of anilines is 1. The first-order chi connectivity index (χ1) is 11.8. The van der Waals surface area contributed by atoms with Gasteiger partial charge in [-0.2, -0.15) is 10.2 Å². The van der Waals surface area contributed by atoms with Crippen molar-refractivity contribution >= 4 is 35.6 Å². The first-order valence-corrected chi connectivity index (χ1v) is 7.64. The van der Waals surface area contributed by atoms with Crippen molar-refractivity contribution in [2.24, 2.45) is 5.10 Å². The van der Waals surface area contributed by atoms with Gasteiger partial charge in [-0.3, -0.25) is 5.10 Å². The van der Waals surface area contributed by atoms with Crippen LogP contribution < -0.4 is 10.5 Å². The van der Waals surface area contributed by atoms with Gasteiger partial charge < -0.3 is 9.68 Å². The molecule has 0 bridgehead atoms. The summed E-state index contributed by atoms with van der Waals surface area (Å²) in [6, 6.07) is 5.73. The number of benzene rings is 1. The van der Waals surface area contributed by atoms with Crippen LogP contribution in [0.5, 0.6) is 0 Å². The largest absolute Gasteiger partial charge is 0.491 e. The van der Waals surface area contributed by atoms with Crippen molar-refractivity contribution in [2.45, 2.75) is 13.5 Å². The summed E-state index contributed by atoms with van der Waals surface area (Å²) in [5.74, 6) is 0.677. The maximum atomic E-state index is 9.67. The molecule has 0 fully saturated rings. The molecule has 8 nitrogen and oxygen atoms in total. The summed E-state index contributed by atoms with van der Waals surface area (Å²) in [5.41, 5.74) is 4.22. The molecule has 1 aliphatic heterocycles. The second-order valence-corrected chi connectivity index (χ2v) is 5.41. The van der Waals surface area contributed by atoms with Gasteiger partial charge in [-0.05, 0) is 29.6 Å². The van der Waals surface area contributed by atoms with Gasteiger partial charge in [0.1, 0.15) is 17.4 Å². The van der Waals surface area contributed by atoms with Crippen LogP contribution in [0.2, 0.25) is 0 Å². The molecule has 0 saturated carbocycles. The standard InChI is InChI=1S/C15H15BN6O2/c1-2-22(15-14-13(7-19-21-14)17-9-18-15)20-6-10-3-4-12-11(5-10)8-24-16(12)23/h3-7,9,23H,2,8H2,1H3,(H,19,21)/b20-6+. The number of hydrazone groups is 1. The zero-order valence-corrected chi connectivity index (χ0v) is 13.0. The van der Waals surface area contributed by atoms with E-state index in [2.05, 4.69) is 25.3 Å². The van der Waals surface area contributed by atoms with Crippen LogP contribution in [0.25, 0.3) is 11.0 Å². The van der Waals surface area contributed by atoms with Gasteiger partial charge in [0.15, 0.2) is 5.82 Å². The monoisotopic (exact) mass is 322 g/mol. The molecule has 1 aliphatic rings. The lowest BCUT2D eigenvalue weighted by atomic mass is 9.79. The summed E-state index contributed by atoms with van der Waals surface area (Å²) >= 11 is 0. The number of nitrogens with zero attached hydrogens (tertiary/aromatic N) is 5. The van der Waals surface area contributed by atoms with Gasteiger partial charge in [-0.1, -0.05) is 12.1 Å². The Morgan fingerprint density at radius 3 is 3.25 bits per heavy atom. The number of rotatable bonds is 4. The van der Waals surface area contributed by atoms with Crippen LogP contribution in [-0.4, -0.2) is 45.1 Å². The Morgan fingerprint density at radius 2 is 2.38 bits per heavy atom. The third kappa shape index (κ3) is 2.53. The van der Waals surface area contributed by atoms with Gasteiger partial charge in [0.2, 0.25) is 0 Å². The van der Waals surface area contributed by atoms with E-state index in [9.17, 15) is 5.02 Å². The number of H-pyrrole nitrogens is 1. The molecule has 0 radical (unpaired) electrons. The summed E-state index contributed by atoms with van der Waals surface area (Å²) in [6.45, 7) is 3.05. The summed E-state index contributed by atoms with van der Waals surface area (Å²) < 4.78 is 5.21. The van der Waals surface area contributed by atoms with Gasteiger partial charge in [0.05, 0.1) is 19.0 Å². The molecule has 120 valence electrons. The maximum absolute atomic E-state index is 9.67. The average Bonchev–Trinajstić information content (AvgIpc) is 3.22. The summed E-state index contributed by atoms with van der Waals surface area (Å²) in [7, 11) is -0.826. The molecule has 4 rings (SSSR count). The average molecular weight is 322 g/mol. The number of aromatic nitrogens is 4. The fourth-order valence-corrected chi connectivity index (χ4v) is 2.70. The van der Waals surface area contributed by atoms with Crippen LogP contribution >= 0.6 is 0 Å². The highest BCUT2D eigenvalue weighted by Gasteiger charge is 2.26. The predicted octanol–water partition coefficient (Wildman–Crippen LogP) is 0.431. The molecule has 2 aromatic heterocycles. The Labute approximate surface area is 138 Å². The Kier molecular flexibility index (Phi) is 3.71. The van der Waals surface area contributed by atoms with E-state index in [1.807, 2.05) is 25.1 Å². The first-order valence-electron chi connectivity index (χ1n) is 7.64. The van der Waals surface area contributed by atoms with E-state index in [1.165, 1.54) is 6.33 Å². The zero-order valence-electron chi connectivity index (χ0n) is 13.0. The molecule has 9 heteroatoms. The molecule has 3 heterocycles. The van der Waals surface area contributed by atoms with E-state index in [1.54, 1.807) is 17.4 Å². The topological polar surface area (TPSA) is 99.5 Å². The quantitative estimate of drug-likeness (QED) is 0.410. The van der Waals surface area contributed by atoms with E-state index >= 15 is 0 Å². The van der Waals surface area contributed by atoms with Gasteiger partial charge >= 0.3 is 7.12 Å². The lowest BCUT2D eigenvalue weighted by Crippen LogP contribution is -2.27. The molecular formula is C15H15BN6O2. The zero-order chi connectivity index (χ0) is 16.5. The number of aromatic amines is 1. The van der Waals surface area contributed by atoms with E-state index in [0.717, 1.165) is 27.6 Å². The number of hydrogen-bond donors (Lipinski definition) is 2. The molecule has 3 aromatic rings. The second-order valence-electron chi connectivity index (χ2n) is 5.41. The minimum Gasteiger partial charge on any atom is -0.423 e. The van der Waals surface area contributed by atoms with Crippen LogP contribution in [0.1, 0.15) is 18.1 Å². The molecule has 2 N–H and O–H groups in total. The Bertz CT molecular complexity index is 912. The number of hydrogen-bond acceptors (Lipinski definition) is 7. The molecule has 0 spiro atoms. The van der Waals surface area contributed by atoms with Gasteiger partial charge in [0.25, 0.3) is 0 Å². The van der Waals surface area contributed by atoms with Crippen molar-refractivity contribution in [2.75, 3.05) is 11.6 Å². The minimum absolute atomic E-state index is 0.413. The smallest absolute Gasteiger partial charge is 0.423 e. The number of fused-ring (bicyclic) bond motifs is 2. The van der Waals surface area contributed by atoms with Crippen molar-refractivity contribution in [3.63, 3.8) is 0 Å². The van der Waals surface area contributed by atoms with E-state index in [-0.39, 0.29) is 0 Å². The van der Waals surface area contributed by atoms with E-state index in [0.29, 0.717) is 19.0 Å². The second kappa shape index (κ2) is 6.02. The molecule has 0 atom stereocenters. The SMILES string of the molecule is CCN(/N=C/c1ccc2c(c1)COB2O)c1ncnc2cn[nH]c12. The van der Waals surface area contributed by atoms with E-state index in [4.69, 9.17) is 4.65 Å². The Morgan fingerprint density at radius 1 is 1.46 bits per heavy atom. The van der Waals surface area contributed by atoms with Crippen LogP contribution in [0.15, 0.2) is 35.8 Å². The van der Waals surface area contributed by atoms with Crippen molar-refractivity contribution in [3.05, 3.63) is 41.9 Å². The summed E-state index contributed by atoms with van der Waals surface area (Å²) in [5, 5.41) is 22.9. The van der Waals surface area contributed by atoms with Gasteiger partial charge in [-0.25, -0.2) is 15.0 Å². The fraction of sp³-hybridized carbons (Fsp3) is 0.200. The molecule has 0 amide bonds. The summed E-state index contributed by atoms with van der Waals surface area (Å²) in [6.07, 6.45) is 4.92. The van der Waals surface area contributed by atoms with Crippen LogP contribution in [0.3, 0.4) is 0 Å². The fourth-order valence-electron chi connectivity index (χ4n) is 2.70. The van der Waals surface area contributed by atoms with Crippen molar-refractivity contribution in [1.82, 2.24) is 20.2 Å². The molecular weight excluding hydrogens is 307 g/mol. The maximum Gasteiger partial charge on any atom is 0.491 e. The van der Waals surface area contributed by atoms with Gasteiger partial charge in [-0.15, -0.1) is 0 Å². The van der Waals surface area contributed by atoms with Gasteiger partial charge in [0, 0.05) is 6.54 Å². The highest BCUT2D eigenvalue weighted by molar-refractivity contribution is 6.61. The molecule has 0 unspecified atom stereocenters. The normalized spacial score (nSPS) is 13.8. The van der Waals surface area contributed by atoms with Crippen LogP contribution in [0.4, 0.5) is 5.82 Å². The van der Waals surface area contributed by atoms with Crippen LogP contribution in [0, 0.1) is 0 Å². The van der Waals surface area contributed by atoms with E-state index < -0.39 is 7.12 Å². The van der Waals surface area contributed by atoms with Crippen molar-refractivity contribution in [3.8, 4) is 0 Å². The van der Waals surface area contributed by atoms with Crippen molar-refractivity contribution < 1.29 is 9.68 Å². The minimum atomic E-state index is -0.826. The molecule has 0 aliphatic carbocycles. The highest BCUT2D eigenvalue weighted by atomic mass is 16.5. The summed E-state index contributed by atoms with van der Waals surface area (Å²) in [4.78, 5) is 8.47. The third-order valence-corrected chi connectivity index (χ3v) is 3.94. The first kappa shape index (κ1) is 14.8. The Balaban J connectivity index is 1.63. The lowest BCUT2D eigenvalue weighted by Gasteiger charge is -2.15. The van der Waals surface area contributed by atoms with Crippen molar-refractivity contribution in [1.29, 1.82) is 0 Å². The Hall–Kier alpha value is -2.78. The predicted molar refractivity (Wildman–Crippen MR) is 91.1 cm³/mol. The number of nitrogens with one attached hydrogen (secondary N) is 1.